The van der Waals surface area contributed by atoms with Crippen molar-refractivity contribution in [1.82, 2.24) is 10.0 Å². The summed E-state index contributed by atoms with van der Waals surface area (Å²) in [5.74, 6) is -0.0653. The van der Waals surface area contributed by atoms with Gasteiger partial charge >= 0.3 is 0 Å². The predicted octanol–water partition coefficient (Wildman–Crippen LogP) is 0.234. The molecule has 100 valence electrons. The lowest BCUT2D eigenvalue weighted by atomic mass is 10.2. The van der Waals surface area contributed by atoms with Crippen LogP contribution in [0.4, 0.5) is 5.69 Å². The number of benzene rings is 1. The molecule has 0 unspecified atom stereocenters. The zero-order valence-corrected chi connectivity index (χ0v) is 10.7. The lowest BCUT2D eigenvalue weighted by Gasteiger charge is -2.05. The monoisotopic (exact) mass is 273 g/mol. The lowest BCUT2D eigenvalue weighted by molar-refractivity contribution is -0.385. The summed E-state index contributed by atoms with van der Waals surface area (Å²) >= 11 is 0. The smallest absolute Gasteiger partial charge is 0.273 e. The first-order chi connectivity index (χ1) is 8.46. The number of hydrogen-bond acceptors (Lipinski definition) is 5. The first-order valence-electron chi connectivity index (χ1n) is 5.30. The lowest BCUT2D eigenvalue weighted by Crippen LogP contribution is -2.29. The predicted molar refractivity (Wildman–Crippen MR) is 67.6 cm³/mol. The van der Waals surface area contributed by atoms with Crippen LogP contribution in [0.1, 0.15) is 5.56 Å². The molecule has 0 saturated heterocycles. The molecule has 0 amide bonds. The van der Waals surface area contributed by atoms with Crippen molar-refractivity contribution in [3.63, 3.8) is 0 Å². The van der Waals surface area contributed by atoms with Crippen molar-refractivity contribution < 1.29 is 13.3 Å². The second kappa shape index (κ2) is 6.43. The van der Waals surface area contributed by atoms with Crippen molar-refractivity contribution in [2.45, 2.75) is 6.54 Å². The molecule has 0 bridgehead atoms. The van der Waals surface area contributed by atoms with E-state index in [2.05, 4.69) is 10.0 Å². The van der Waals surface area contributed by atoms with Crippen LogP contribution in [-0.2, 0) is 16.6 Å². The Bertz CT molecular complexity index is 516. The van der Waals surface area contributed by atoms with Crippen LogP contribution in [0.25, 0.3) is 0 Å². The largest absolute Gasteiger partial charge is 0.311 e. The molecule has 1 aromatic rings. The fraction of sp³-hybridized carbons (Fsp3) is 0.400. The van der Waals surface area contributed by atoms with Gasteiger partial charge in [0.05, 0.1) is 10.7 Å². The van der Waals surface area contributed by atoms with E-state index < -0.39 is 14.9 Å². The highest BCUT2D eigenvalue weighted by atomic mass is 32.2. The molecule has 1 aromatic carbocycles. The Hall–Kier alpha value is -1.51. The molecule has 1 rings (SSSR count). The van der Waals surface area contributed by atoms with Crippen molar-refractivity contribution in [1.29, 1.82) is 0 Å². The van der Waals surface area contributed by atoms with E-state index in [1.165, 1.54) is 13.1 Å². The average Bonchev–Trinajstić information content (AvgIpc) is 2.35. The minimum atomic E-state index is -3.25. The Labute approximate surface area is 105 Å². The number of nitrogens with one attached hydrogen (secondary N) is 2. The number of nitrogens with zero attached hydrogens (tertiary/aromatic N) is 1. The molecular formula is C10H15N3O4S. The van der Waals surface area contributed by atoms with Crippen molar-refractivity contribution in [3.05, 3.63) is 39.9 Å². The van der Waals surface area contributed by atoms with Crippen LogP contribution in [0.3, 0.4) is 0 Å². The molecule has 0 aliphatic carbocycles. The molecular weight excluding hydrogens is 258 g/mol. The maximum absolute atomic E-state index is 11.1. The molecule has 0 aromatic heterocycles. The zero-order valence-electron chi connectivity index (χ0n) is 9.92. The van der Waals surface area contributed by atoms with Gasteiger partial charge in [0.1, 0.15) is 0 Å². The van der Waals surface area contributed by atoms with Gasteiger partial charge in [0.2, 0.25) is 10.0 Å². The van der Waals surface area contributed by atoms with E-state index in [-0.39, 0.29) is 24.5 Å². The molecule has 0 atom stereocenters. The van der Waals surface area contributed by atoms with Gasteiger partial charge in [-0.2, -0.15) is 0 Å². The highest BCUT2D eigenvalue weighted by molar-refractivity contribution is 7.89. The Balaban J connectivity index is 2.52. The first-order valence-corrected chi connectivity index (χ1v) is 6.96. The average molecular weight is 273 g/mol. The van der Waals surface area contributed by atoms with E-state index in [0.29, 0.717) is 5.56 Å². The molecule has 0 fully saturated rings. The number of para-hydroxylation sites is 1. The summed E-state index contributed by atoms with van der Waals surface area (Å²) in [5.41, 5.74) is 0.561. The molecule has 0 radical (unpaired) electrons. The fourth-order valence-corrected chi connectivity index (χ4v) is 1.99. The van der Waals surface area contributed by atoms with E-state index in [1.807, 2.05) is 0 Å². The normalized spacial score (nSPS) is 11.4. The van der Waals surface area contributed by atoms with E-state index in [0.717, 1.165) is 0 Å². The highest BCUT2D eigenvalue weighted by Gasteiger charge is 2.12. The molecule has 0 saturated carbocycles. The minimum absolute atomic E-state index is 0.0291. The van der Waals surface area contributed by atoms with Gasteiger partial charge in [0.25, 0.3) is 5.69 Å². The van der Waals surface area contributed by atoms with E-state index in [1.54, 1.807) is 18.2 Å². The van der Waals surface area contributed by atoms with E-state index in [4.69, 9.17) is 0 Å². The first kappa shape index (κ1) is 14.6. The van der Waals surface area contributed by atoms with Gasteiger partial charge in [0.15, 0.2) is 0 Å². The van der Waals surface area contributed by atoms with Crippen LogP contribution in [0, 0.1) is 10.1 Å². The third-order valence-electron chi connectivity index (χ3n) is 2.36. The third kappa shape index (κ3) is 4.40. The van der Waals surface area contributed by atoms with Gasteiger partial charge in [-0.25, -0.2) is 13.1 Å². The number of nitro groups is 1. The van der Waals surface area contributed by atoms with Crippen molar-refractivity contribution in [2.75, 3.05) is 19.3 Å². The van der Waals surface area contributed by atoms with Crippen LogP contribution >= 0.6 is 0 Å². The van der Waals surface area contributed by atoms with Crippen LogP contribution in [-0.4, -0.2) is 32.7 Å². The molecule has 0 aliphatic heterocycles. The summed E-state index contributed by atoms with van der Waals surface area (Å²) in [6, 6.07) is 6.35. The van der Waals surface area contributed by atoms with Gasteiger partial charge in [-0.15, -0.1) is 0 Å². The molecule has 0 aliphatic rings. The summed E-state index contributed by atoms with van der Waals surface area (Å²) in [6.45, 7) is 0.492. The SMILES string of the molecule is CNS(=O)(=O)CCNCc1ccccc1[N+](=O)[O-]. The molecule has 7 nitrogen and oxygen atoms in total. The Kier molecular flexibility index (Phi) is 5.20. The second-order valence-corrected chi connectivity index (χ2v) is 5.63. The summed E-state index contributed by atoms with van der Waals surface area (Å²) in [6.07, 6.45) is 0. The van der Waals surface area contributed by atoms with Crippen molar-refractivity contribution >= 4 is 15.7 Å². The molecule has 2 N–H and O–H groups in total. The number of nitro benzene ring substituents is 1. The number of hydrogen-bond donors (Lipinski definition) is 2. The van der Waals surface area contributed by atoms with E-state index in [9.17, 15) is 18.5 Å². The molecule has 18 heavy (non-hydrogen) atoms. The third-order valence-corrected chi connectivity index (χ3v) is 3.73. The Morgan fingerprint density at radius 1 is 1.33 bits per heavy atom. The maximum atomic E-state index is 11.1. The zero-order chi connectivity index (χ0) is 13.6. The van der Waals surface area contributed by atoms with Crippen LogP contribution < -0.4 is 10.0 Å². The summed E-state index contributed by atoms with van der Waals surface area (Å²) in [4.78, 5) is 10.3. The van der Waals surface area contributed by atoms with Crippen LogP contribution in [0.15, 0.2) is 24.3 Å². The molecule has 8 heteroatoms. The maximum Gasteiger partial charge on any atom is 0.273 e. The molecule has 0 spiro atoms. The van der Waals surface area contributed by atoms with Crippen LogP contribution in [0.2, 0.25) is 0 Å². The second-order valence-electron chi connectivity index (χ2n) is 3.59. The minimum Gasteiger partial charge on any atom is -0.311 e. The van der Waals surface area contributed by atoms with Gasteiger partial charge in [0, 0.05) is 24.7 Å². The number of sulfonamides is 1. The highest BCUT2D eigenvalue weighted by Crippen LogP contribution is 2.16. The van der Waals surface area contributed by atoms with Gasteiger partial charge in [-0.05, 0) is 7.05 Å². The van der Waals surface area contributed by atoms with E-state index >= 15 is 0 Å². The number of rotatable bonds is 7. The summed E-state index contributed by atoms with van der Waals surface area (Å²) in [7, 11) is -1.90. The molecule has 0 heterocycles. The van der Waals surface area contributed by atoms with Gasteiger partial charge in [-0.1, -0.05) is 18.2 Å². The summed E-state index contributed by atoms with van der Waals surface area (Å²) in [5, 5.41) is 13.6. The topological polar surface area (TPSA) is 101 Å². The summed E-state index contributed by atoms with van der Waals surface area (Å²) < 4.78 is 24.4. The fourth-order valence-electron chi connectivity index (χ4n) is 1.37. The van der Waals surface area contributed by atoms with Gasteiger partial charge < -0.3 is 5.32 Å². The quantitative estimate of drug-likeness (QED) is 0.421. The van der Waals surface area contributed by atoms with Crippen molar-refractivity contribution in [2.24, 2.45) is 0 Å². The Morgan fingerprint density at radius 3 is 2.61 bits per heavy atom. The van der Waals surface area contributed by atoms with Crippen LogP contribution in [0.5, 0.6) is 0 Å². The standard InChI is InChI=1S/C10H15N3O4S/c1-11-18(16,17)7-6-12-8-9-4-2-3-5-10(9)13(14)15/h2-5,11-12H,6-8H2,1H3. The van der Waals surface area contributed by atoms with Gasteiger partial charge in [-0.3, -0.25) is 10.1 Å². The Morgan fingerprint density at radius 2 is 2.00 bits per heavy atom. The van der Waals surface area contributed by atoms with Crippen molar-refractivity contribution in [3.8, 4) is 0 Å².